The number of aromatic nitrogens is 3. The first kappa shape index (κ1) is 24.7. The highest BCUT2D eigenvalue weighted by atomic mass is 35.5. The summed E-state index contributed by atoms with van der Waals surface area (Å²) in [6.45, 7) is 4.36. The maximum absolute atomic E-state index is 12.8. The molecule has 0 saturated carbocycles. The summed E-state index contributed by atoms with van der Waals surface area (Å²) in [5, 5.41) is 11.1. The fourth-order valence-electron chi connectivity index (χ4n) is 4.32. The number of halogens is 1. The van der Waals surface area contributed by atoms with Crippen LogP contribution in [0.15, 0.2) is 84.1 Å². The molecule has 0 bridgehead atoms. The number of rotatable bonds is 5. The van der Waals surface area contributed by atoms with Crippen LogP contribution >= 0.6 is 11.6 Å². The largest absolute Gasteiger partial charge is 0.403 e. The molecule has 0 radical (unpaired) electrons. The lowest BCUT2D eigenvalue weighted by Gasteiger charge is -2.31. The summed E-state index contributed by atoms with van der Waals surface area (Å²) in [6, 6.07) is 17.9. The number of nitriles is 1. The Morgan fingerprint density at radius 2 is 1.92 bits per heavy atom. The van der Waals surface area contributed by atoms with Gasteiger partial charge in [0, 0.05) is 36.6 Å². The maximum Gasteiger partial charge on any atom is 0.251 e. The zero-order valence-corrected chi connectivity index (χ0v) is 20.7. The van der Waals surface area contributed by atoms with Crippen molar-refractivity contribution in [3.8, 4) is 17.2 Å². The SMILES string of the molecule is C=C(/C=c1/c(-c2cccc(C#N)c2)cc(=O)n(C)/c1=C/N)[C@](N)(c1ccc(Cl)cc1)c1cncn1C. The first-order chi connectivity index (χ1) is 17.2. The van der Waals surface area contributed by atoms with Gasteiger partial charge in [-0.15, -0.1) is 0 Å². The second kappa shape index (κ2) is 9.70. The minimum atomic E-state index is -1.18. The van der Waals surface area contributed by atoms with Crippen molar-refractivity contribution in [1.29, 1.82) is 5.26 Å². The third-order valence-electron chi connectivity index (χ3n) is 6.33. The van der Waals surface area contributed by atoms with Crippen molar-refractivity contribution >= 4 is 23.9 Å². The number of imidazole rings is 1. The van der Waals surface area contributed by atoms with Crippen LogP contribution in [-0.4, -0.2) is 14.1 Å². The highest BCUT2D eigenvalue weighted by molar-refractivity contribution is 6.30. The molecule has 4 aromatic rings. The Labute approximate surface area is 213 Å². The van der Waals surface area contributed by atoms with Crippen LogP contribution in [0.3, 0.4) is 0 Å². The average Bonchev–Trinajstić information content (AvgIpc) is 3.32. The third-order valence-corrected chi connectivity index (χ3v) is 6.58. The van der Waals surface area contributed by atoms with Crippen LogP contribution in [0.1, 0.15) is 16.8 Å². The summed E-state index contributed by atoms with van der Waals surface area (Å²) in [5.41, 5.74) is 15.5. The number of nitrogens with two attached hydrogens (primary N) is 2. The van der Waals surface area contributed by atoms with E-state index in [0.29, 0.717) is 43.5 Å². The normalized spacial score (nSPS) is 13.9. The Balaban J connectivity index is 2.07. The highest BCUT2D eigenvalue weighted by Gasteiger charge is 2.34. The summed E-state index contributed by atoms with van der Waals surface area (Å²) in [4.78, 5) is 17.1. The molecule has 1 atom stereocenters. The third kappa shape index (κ3) is 4.24. The Morgan fingerprint density at radius 1 is 1.19 bits per heavy atom. The monoisotopic (exact) mass is 496 g/mol. The molecule has 0 amide bonds. The van der Waals surface area contributed by atoms with Gasteiger partial charge >= 0.3 is 0 Å². The molecule has 180 valence electrons. The summed E-state index contributed by atoms with van der Waals surface area (Å²) < 4.78 is 3.29. The molecule has 4 N–H and O–H groups in total. The van der Waals surface area contributed by atoms with Gasteiger partial charge in [0.05, 0.1) is 35.2 Å². The zero-order chi connectivity index (χ0) is 26.0. The summed E-state index contributed by atoms with van der Waals surface area (Å²) in [6.07, 6.45) is 6.57. The van der Waals surface area contributed by atoms with Gasteiger partial charge in [-0.2, -0.15) is 5.26 Å². The standard InChI is InChI=1S/C28H25ClN6O/c1-18(28(32,26-16-33-17-34(26)2)21-7-9-22(29)10-8-21)11-24-23(13-27(36)35(3)25(24)15-31)20-6-4-5-19(12-20)14-30/h4-13,15-17H,1,31-32H2,2-3H3/b24-11-,25-15+/t28-/m0/s1. The Bertz CT molecular complexity index is 1690. The molecule has 8 heteroatoms. The quantitative estimate of drug-likeness (QED) is 0.439. The van der Waals surface area contributed by atoms with Gasteiger partial charge < -0.3 is 20.6 Å². The highest BCUT2D eigenvalue weighted by Crippen LogP contribution is 2.34. The van der Waals surface area contributed by atoms with Gasteiger partial charge in [0.15, 0.2) is 0 Å². The molecule has 0 aliphatic heterocycles. The molecule has 0 spiro atoms. The fraction of sp³-hybridized carbons (Fsp3) is 0.107. The van der Waals surface area contributed by atoms with Crippen LogP contribution in [0.5, 0.6) is 0 Å². The van der Waals surface area contributed by atoms with Gasteiger partial charge in [-0.3, -0.25) is 4.79 Å². The lowest BCUT2D eigenvalue weighted by atomic mass is 9.80. The van der Waals surface area contributed by atoms with Crippen LogP contribution in [0.2, 0.25) is 5.02 Å². The molecular weight excluding hydrogens is 472 g/mol. The van der Waals surface area contributed by atoms with E-state index >= 15 is 0 Å². The molecule has 4 rings (SSSR count). The first-order valence-electron chi connectivity index (χ1n) is 11.1. The molecule has 2 heterocycles. The van der Waals surface area contributed by atoms with E-state index in [2.05, 4.69) is 17.6 Å². The number of hydrogen-bond acceptors (Lipinski definition) is 5. The molecule has 0 fully saturated rings. The van der Waals surface area contributed by atoms with Crippen LogP contribution in [-0.2, 0) is 19.6 Å². The minimum absolute atomic E-state index is 0.241. The van der Waals surface area contributed by atoms with Crippen molar-refractivity contribution in [3.05, 3.63) is 122 Å². The molecule has 0 saturated heterocycles. The van der Waals surface area contributed by atoms with E-state index in [9.17, 15) is 10.1 Å². The topological polar surface area (TPSA) is 116 Å². The lowest BCUT2D eigenvalue weighted by Crippen LogP contribution is -2.45. The van der Waals surface area contributed by atoms with Crippen LogP contribution in [0.25, 0.3) is 23.4 Å². The van der Waals surface area contributed by atoms with Crippen molar-refractivity contribution in [2.45, 2.75) is 5.54 Å². The second-order valence-electron chi connectivity index (χ2n) is 8.49. The second-order valence-corrected chi connectivity index (χ2v) is 8.92. The molecule has 0 aliphatic rings. The van der Waals surface area contributed by atoms with E-state index < -0.39 is 5.54 Å². The molecule has 0 unspecified atom stereocenters. The summed E-state index contributed by atoms with van der Waals surface area (Å²) in [5.74, 6) is 0. The van der Waals surface area contributed by atoms with E-state index in [1.54, 1.807) is 49.9 Å². The minimum Gasteiger partial charge on any atom is -0.403 e. The van der Waals surface area contributed by atoms with Crippen LogP contribution < -0.4 is 27.6 Å². The number of pyridine rings is 1. The van der Waals surface area contributed by atoms with Crippen molar-refractivity contribution < 1.29 is 0 Å². The van der Waals surface area contributed by atoms with E-state index in [-0.39, 0.29) is 5.56 Å². The Morgan fingerprint density at radius 3 is 2.53 bits per heavy atom. The predicted molar refractivity (Wildman–Crippen MR) is 143 cm³/mol. The molecule has 36 heavy (non-hydrogen) atoms. The smallest absolute Gasteiger partial charge is 0.251 e. The van der Waals surface area contributed by atoms with Crippen molar-refractivity contribution in [2.75, 3.05) is 0 Å². The number of nitrogens with zero attached hydrogens (tertiary/aromatic N) is 4. The molecule has 0 aliphatic carbocycles. The fourth-order valence-corrected chi connectivity index (χ4v) is 4.45. The predicted octanol–water partition coefficient (Wildman–Crippen LogP) is 2.25. The van der Waals surface area contributed by atoms with E-state index in [4.69, 9.17) is 23.1 Å². The zero-order valence-electron chi connectivity index (χ0n) is 19.9. The van der Waals surface area contributed by atoms with Gasteiger partial charge in [0.25, 0.3) is 5.56 Å². The number of benzene rings is 2. The average molecular weight is 497 g/mol. The maximum atomic E-state index is 12.8. The van der Waals surface area contributed by atoms with Gasteiger partial charge in [-0.25, -0.2) is 4.98 Å². The van der Waals surface area contributed by atoms with Crippen LogP contribution in [0, 0.1) is 11.3 Å². The van der Waals surface area contributed by atoms with E-state index in [0.717, 1.165) is 5.56 Å². The molecular formula is C28H25ClN6O. The molecule has 2 aromatic carbocycles. The van der Waals surface area contributed by atoms with Crippen LogP contribution in [0.4, 0.5) is 0 Å². The van der Waals surface area contributed by atoms with Gasteiger partial charge in [-0.1, -0.05) is 42.4 Å². The van der Waals surface area contributed by atoms with E-state index in [1.165, 1.54) is 16.8 Å². The van der Waals surface area contributed by atoms with Gasteiger partial charge in [-0.05, 0) is 52.6 Å². The van der Waals surface area contributed by atoms with Crippen molar-refractivity contribution in [2.24, 2.45) is 25.6 Å². The van der Waals surface area contributed by atoms with Gasteiger partial charge in [0.2, 0.25) is 0 Å². The summed E-state index contributed by atoms with van der Waals surface area (Å²) in [7, 11) is 3.50. The number of hydrogen-bond donors (Lipinski definition) is 2. The lowest BCUT2D eigenvalue weighted by molar-refractivity contribution is 0.601. The first-order valence-corrected chi connectivity index (χ1v) is 11.4. The van der Waals surface area contributed by atoms with Crippen molar-refractivity contribution in [1.82, 2.24) is 14.1 Å². The van der Waals surface area contributed by atoms with Crippen molar-refractivity contribution in [3.63, 3.8) is 0 Å². The van der Waals surface area contributed by atoms with Gasteiger partial charge in [0.1, 0.15) is 5.54 Å². The van der Waals surface area contributed by atoms with E-state index in [1.807, 2.05) is 35.9 Å². The number of aryl methyl sites for hydroxylation is 1. The molecule has 2 aromatic heterocycles. The Hall–Kier alpha value is -4.38. The summed E-state index contributed by atoms with van der Waals surface area (Å²) >= 11 is 6.15. The molecule has 7 nitrogen and oxygen atoms in total. The Kier molecular flexibility index (Phi) is 6.67.